The Morgan fingerprint density at radius 1 is 1.40 bits per heavy atom. The molecule has 0 saturated carbocycles. The SMILES string of the molecule is C[C@@H](CCN)C(=O)NNOCCSSC[C@H](N)C(=O)O. The van der Waals surface area contributed by atoms with E-state index in [9.17, 15) is 9.59 Å². The highest BCUT2D eigenvalue weighted by atomic mass is 33.1. The molecule has 0 unspecified atom stereocenters. The molecule has 0 aliphatic heterocycles. The minimum Gasteiger partial charge on any atom is -0.480 e. The van der Waals surface area contributed by atoms with E-state index in [1.54, 1.807) is 6.92 Å². The topological polar surface area (TPSA) is 140 Å². The van der Waals surface area contributed by atoms with Gasteiger partial charge in [-0.05, 0) is 13.0 Å². The van der Waals surface area contributed by atoms with Gasteiger partial charge < -0.3 is 16.6 Å². The quantitative estimate of drug-likeness (QED) is 0.179. The number of carboxylic acids is 1. The first kappa shape index (κ1) is 19.5. The third kappa shape index (κ3) is 10.3. The number of hydrogen-bond acceptors (Lipinski definition) is 8. The molecule has 20 heavy (non-hydrogen) atoms. The van der Waals surface area contributed by atoms with Gasteiger partial charge >= 0.3 is 5.97 Å². The van der Waals surface area contributed by atoms with Crippen LogP contribution in [0.2, 0.25) is 0 Å². The predicted octanol–water partition coefficient (Wildman–Crippen LogP) is -0.683. The van der Waals surface area contributed by atoms with Gasteiger partial charge in [0, 0.05) is 17.4 Å². The van der Waals surface area contributed by atoms with Gasteiger partial charge in [0.2, 0.25) is 5.91 Å². The van der Waals surface area contributed by atoms with Crippen molar-refractivity contribution in [3.05, 3.63) is 0 Å². The lowest BCUT2D eigenvalue weighted by Crippen LogP contribution is -2.41. The van der Waals surface area contributed by atoms with E-state index in [1.807, 2.05) is 0 Å². The molecule has 0 radical (unpaired) electrons. The zero-order valence-corrected chi connectivity index (χ0v) is 13.0. The molecule has 0 aromatic heterocycles. The Morgan fingerprint density at radius 2 is 2.10 bits per heavy atom. The Bertz CT molecular complexity index is 296. The van der Waals surface area contributed by atoms with Gasteiger partial charge in [-0.2, -0.15) is 0 Å². The number of carbonyl (C=O) groups excluding carboxylic acids is 1. The second kappa shape index (κ2) is 12.2. The number of rotatable bonds is 12. The summed E-state index contributed by atoms with van der Waals surface area (Å²) < 4.78 is 0. The van der Waals surface area contributed by atoms with Gasteiger partial charge in [-0.1, -0.05) is 28.5 Å². The van der Waals surface area contributed by atoms with Crippen LogP contribution in [-0.4, -0.2) is 47.7 Å². The lowest BCUT2D eigenvalue weighted by molar-refractivity contribution is -0.138. The molecule has 0 spiro atoms. The number of carboxylic acid groups (broad SMARTS) is 1. The normalized spacial score (nSPS) is 13.8. The van der Waals surface area contributed by atoms with Crippen molar-refractivity contribution >= 4 is 33.5 Å². The number of nitrogens with one attached hydrogen (secondary N) is 2. The van der Waals surface area contributed by atoms with Gasteiger partial charge in [0.05, 0.1) is 6.61 Å². The van der Waals surface area contributed by atoms with E-state index in [0.717, 1.165) is 0 Å². The van der Waals surface area contributed by atoms with Crippen molar-refractivity contribution in [1.82, 2.24) is 11.0 Å². The van der Waals surface area contributed by atoms with Crippen LogP contribution in [0.1, 0.15) is 13.3 Å². The summed E-state index contributed by atoms with van der Waals surface area (Å²) in [6.45, 7) is 2.61. The monoisotopic (exact) mass is 326 g/mol. The van der Waals surface area contributed by atoms with Crippen LogP contribution >= 0.6 is 21.6 Å². The van der Waals surface area contributed by atoms with Crippen molar-refractivity contribution < 1.29 is 19.5 Å². The standard InChI is InChI=1S/C10H22N4O4S2/c1-7(2-3-11)9(15)13-14-18-4-5-19-20-6-8(12)10(16)17/h7-8,14H,2-6,11-12H2,1H3,(H,13,15)(H,16,17)/t7-,8-/m0/s1. The fourth-order valence-electron chi connectivity index (χ4n) is 0.969. The number of hydrazine groups is 1. The van der Waals surface area contributed by atoms with Crippen molar-refractivity contribution in [1.29, 1.82) is 0 Å². The van der Waals surface area contributed by atoms with E-state index in [1.165, 1.54) is 21.6 Å². The molecule has 0 heterocycles. The molecule has 0 aromatic rings. The molecule has 0 aromatic carbocycles. The first-order chi connectivity index (χ1) is 9.49. The van der Waals surface area contributed by atoms with Crippen LogP contribution < -0.4 is 22.5 Å². The summed E-state index contributed by atoms with van der Waals surface area (Å²) in [5.41, 5.74) is 15.5. The van der Waals surface area contributed by atoms with Gasteiger partial charge in [0.1, 0.15) is 6.04 Å². The van der Waals surface area contributed by atoms with Crippen LogP contribution in [0.5, 0.6) is 0 Å². The number of carbonyl (C=O) groups is 2. The molecular weight excluding hydrogens is 304 g/mol. The largest absolute Gasteiger partial charge is 0.480 e. The van der Waals surface area contributed by atoms with Gasteiger partial charge in [-0.15, -0.1) is 5.59 Å². The van der Waals surface area contributed by atoms with Crippen LogP contribution in [0.25, 0.3) is 0 Å². The molecule has 2 atom stereocenters. The van der Waals surface area contributed by atoms with Crippen molar-refractivity contribution in [2.45, 2.75) is 19.4 Å². The highest BCUT2D eigenvalue weighted by molar-refractivity contribution is 8.76. The molecule has 0 saturated heterocycles. The number of hydrogen-bond donors (Lipinski definition) is 5. The van der Waals surface area contributed by atoms with E-state index in [0.29, 0.717) is 31.1 Å². The maximum Gasteiger partial charge on any atom is 0.321 e. The van der Waals surface area contributed by atoms with E-state index in [2.05, 4.69) is 11.0 Å². The number of aliphatic carboxylic acids is 1. The third-order valence-corrected chi connectivity index (χ3v) is 4.61. The van der Waals surface area contributed by atoms with Crippen LogP contribution in [0, 0.1) is 5.92 Å². The molecule has 10 heteroatoms. The van der Waals surface area contributed by atoms with Crippen molar-refractivity contribution in [3.63, 3.8) is 0 Å². The fraction of sp³-hybridized carbons (Fsp3) is 0.800. The van der Waals surface area contributed by atoms with Crippen LogP contribution in [0.3, 0.4) is 0 Å². The fourth-order valence-corrected chi connectivity index (χ4v) is 2.91. The lowest BCUT2D eigenvalue weighted by Gasteiger charge is -2.11. The molecule has 0 aliphatic rings. The molecule has 118 valence electrons. The van der Waals surface area contributed by atoms with E-state index in [-0.39, 0.29) is 11.8 Å². The Labute approximate surface area is 126 Å². The molecule has 1 amide bonds. The highest BCUT2D eigenvalue weighted by Crippen LogP contribution is 2.20. The molecular formula is C10H22N4O4S2. The summed E-state index contributed by atoms with van der Waals surface area (Å²) in [7, 11) is 2.82. The average Bonchev–Trinajstić information content (AvgIpc) is 2.41. The van der Waals surface area contributed by atoms with Gasteiger partial charge in [0.25, 0.3) is 0 Å². The van der Waals surface area contributed by atoms with Gasteiger partial charge in [-0.3, -0.25) is 19.9 Å². The summed E-state index contributed by atoms with van der Waals surface area (Å²) in [5.74, 6) is -0.382. The van der Waals surface area contributed by atoms with E-state index >= 15 is 0 Å². The Morgan fingerprint density at radius 3 is 2.70 bits per heavy atom. The summed E-state index contributed by atoms with van der Waals surface area (Å²) in [4.78, 5) is 26.9. The number of nitrogens with two attached hydrogens (primary N) is 2. The summed E-state index contributed by atoms with van der Waals surface area (Å²) in [5, 5.41) is 8.56. The minimum atomic E-state index is -1.01. The van der Waals surface area contributed by atoms with Gasteiger partial charge in [-0.25, -0.2) is 0 Å². The summed E-state index contributed by atoms with van der Waals surface area (Å²) in [6.07, 6.45) is 0.615. The molecule has 0 bridgehead atoms. The molecule has 7 N–H and O–H groups in total. The van der Waals surface area contributed by atoms with E-state index in [4.69, 9.17) is 21.4 Å². The first-order valence-corrected chi connectivity index (χ1v) is 8.57. The second-order valence-electron chi connectivity index (χ2n) is 3.97. The number of amides is 1. The van der Waals surface area contributed by atoms with E-state index < -0.39 is 12.0 Å². The first-order valence-electron chi connectivity index (χ1n) is 6.08. The smallest absolute Gasteiger partial charge is 0.321 e. The van der Waals surface area contributed by atoms with Crippen molar-refractivity contribution in [2.75, 3.05) is 24.7 Å². The maximum absolute atomic E-state index is 11.4. The molecule has 0 rings (SSSR count). The van der Waals surface area contributed by atoms with Crippen LogP contribution in [0.4, 0.5) is 0 Å². The van der Waals surface area contributed by atoms with Crippen molar-refractivity contribution in [2.24, 2.45) is 17.4 Å². The average molecular weight is 326 g/mol. The lowest BCUT2D eigenvalue weighted by atomic mass is 10.1. The highest BCUT2D eigenvalue weighted by Gasteiger charge is 2.11. The Hall–Kier alpha value is -0.520. The maximum atomic E-state index is 11.4. The second-order valence-corrected chi connectivity index (χ2v) is 6.60. The molecule has 0 fully saturated rings. The van der Waals surface area contributed by atoms with Crippen LogP contribution in [0.15, 0.2) is 0 Å². The molecule has 0 aliphatic carbocycles. The summed E-state index contributed by atoms with van der Waals surface area (Å²) >= 11 is 0. The van der Waals surface area contributed by atoms with Crippen LogP contribution in [-0.2, 0) is 14.4 Å². The summed E-state index contributed by atoms with van der Waals surface area (Å²) in [6, 6.07) is -0.852. The zero-order valence-electron chi connectivity index (χ0n) is 11.3. The Kier molecular flexibility index (Phi) is 11.9. The van der Waals surface area contributed by atoms with Gasteiger partial charge in [0.15, 0.2) is 0 Å². The minimum absolute atomic E-state index is 0.168. The molecule has 8 nitrogen and oxygen atoms in total. The third-order valence-electron chi connectivity index (χ3n) is 2.21. The predicted molar refractivity (Wildman–Crippen MR) is 80.6 cm³/mol. The van der Waals surface area contributed by atoms with Crippen molar-refractivity contribution in [3.8, 4) is 0 Å². The Balaban J connectivity index is 3.37. The zero-order chi connectivity index (χ0) is 15.4.